The Bertz CT molecular complexity index is 843. The van der Waals surface area contributed by atoms with Gasteiger partial charge in [0.05, 0.1) is 18.9 Å². The monoisotopic (exact) mass is 435 g/mol. The lowest BCUT2D eigenvalue weighted by atomic mass is 10.2. The van der Waals surface area contributed by atoms with Gasteiger partial charge in [0.1, 0.15) is 4.91 Å². The Balaban J connectivity index is 2.04. The number of carbonyl (C=O) groups is 2. The quantitative estimate of drug-likeness (QED) is 0.596. The smallest absolute Gasteiger partial charge is 0.365 e. The van der Waals surface area contributed by atoms with Gasteiger partial charge in [0.2, 0.25) is 9.37 Å². The highest BCUT2D eigenvalue weighted by Crippen LogP contribution is 2.59. The van der Waals surface area contributed by atoms with Crippen molar-refractivity contribution in [3.8, 4) is 0 Å². The standard InChI is InChI=1S/C20H25N3O4S2/c1-5-11-15-16(18(24)26-6-2)28-20(22(15)4)23(14-12-9-8-10-13-14)21-17(29-20)19(25)27-7-3/h8-10,12-13H,5-7,11H2,1-4H3. The third-order valence-corrected chi connectivity index (χ3v) is 7.39. The van der Waals surface area contributed by atoms with Gasteiger partial charge in [-0.05, 0) is 44.2 Å². The van der Waals surface area contributed by atoms with E-state index in [-0.39, 0.29) is 17.6 Å². The van der Waals surface area contributed by atoms with Gasteiger partial charge >= 0.3 is 11.9 Å². The maximum absolute atomic E-state index is 12.7. The number of thioether (sulfide) groups is 2. The molecule has 1 spiro atoms. The topological polar surface area (TPSA) is 71.4 Å². The van der Waals surface area contributed by atoms with Crippen LogP contribution in [0.25, 0.3) is 0 Å². The van der Waals surface area contributed by atoms with Gasteiger partial charge in [-0.1, -0.05) is 43.3 Å². The molecule has 2 heterocycles. The average Bonchev–Trinajstić information content (AvgIpc) is 3.24. The lowest BCUT2D eigenvalue weighted by molar-refractivity contribution is -0.137. The maximum atomic E-state index is 12.7. The number of rotatable bonds is 7. The van der Waals surface area contributed by atoms with Crippen molar-refractivity contribution in [2.24, 2.45) is 5.10 Å². The second-order valence-electron chi connectivity index (χ2n) is 6.33. The van der Waals surface area contributed by atoms with Gasteiger partial charge in [-0.25, -0.2) is 14.6 Å². The van der Waals surface area contributed by atoms with E-state index in [0.717, 1.165) is 24.2 Å². The fraction of sp³-hybridized carbons (Fsp3) is 0.450. The number of benzene rings is 1. The van der Waals surface area contributed by atoms with Crippen molar-refractivity contribution >= 4 is 46.2 Å². The summed E-state index contributed by atoms with van der Waals surface area (Å²) in [6.07, 6.45) is 1.60. The number of esters is 2. The lowest BCUT2D eigenvalue weighted by Gasteiger charge is -2.39. The van der Waals surface area contributed by atoms with Crippen LogP contribution >= 0.6 is 23.5 Å². The maximum Gasteiger partial charge on any atom is 0.365 e. The van der Waals surface area contributed by atoms with E-state index >= 15 is 0 Å². The van der Waals surface area contributed by atoms with E-state index in [4.69, 9.17) is 9.47 Å². The van der Waals surface area contributed by atoms with Gasteiger partial charge in [0.15, 0.2) is 0 Å². The molecule has 0 saturated carbocycles. The van der Waals surface area contributed by atoms with Crippen molar-refractivity contribution in [2.45, 2.75) is 37.9 Å². The van der Waals surface area contributed by atoms with Gasteiger partial charge in [-0.3, -0.25) is 0 Å². The lowest BCUT2D eigenvalue weighted by Crippen LogP contribution is -2.47. The molecule has 2 aliphatic heterocycles. The number of nitrogens with zero attached hydrogens (tertiary/aromatic N) is 3. The second kappa shape index (κ2) is 9.13. The molecule has 9 heteroatoms. The largest absolute Gasteiger partial charge is 0.462 e. The van der Waals surface area contributed by atoms with Crippen LogP contribution in [0.2, 0.25) is 0 Å². The molecule has 0 fully saturated rings. The number of allylic oxidation sites excluding steroid dienone is 1. The zero-order chi connectivity index (χ0) is 21.0. The molecular formula is C20H25N3O4S2. The molecule has 1 aromatic rings. The van der Waals surface area contributed by atoms with Crippen molar-refractivity contribution in [1.82, 2.24) is 4.90 Å². The van der Waals surface area contributed by atoms with Gasteiger partial charge in [-0.15, -0.1) is 0 Å². The minimum atomic E-state index is -0.837. The van der Waals surface area contributed by atoms with Crippen molar-refractivity contribution in [3.05, 3.63) is 40.9 Å². The van der Waals surface area contributed by atoms with Crippen LogP contribution in [-0.2, 0) is 19.1 Å². The van der Waals surface area contributed by atoms with Crippen LogP contribution < -0.4 is 5.01 Å². The highest BCUT2D eigenvalue weighted by molar-refractivity contribution is 8.28. The van der Waals surface area contributed by atoms with Crippen LogP contribution in [0.15, 0.2) is 46.0 Å². The molecule has 0 aliphatic carbocycles. The SMILES string of the molecule is CCCC1=C(C(=O)OCC)SC2(SC(C(=O)OCC)=NN2c2ccccc2)N1C. The van der Waals surface area contributed by atoms with E-state index in [2.05, 4.69) is 12.0 Å². The van der Waals surface area contributed by atoms with Gasteiger partial charge in [0.25, 0.3) is 0 Å². The minimum Gasteiger partial charge on any atom is -0.462 e. The van der Waals surface area contributed by atoms with E-state index in [1.54, 1.807) is 18.9 Å². The highest BCUT2D eigenvalue weighted by atomic mass is 32.2. The average molecular weight is 436 g/mol. The van der Waals surface area contributed by atoms with Gasteiger partial charge in [0, 0.05) is 12.7 Å². The molecule has 1 atom stereocenters. The number of hydrogen-bond donors (Lipinski definition) is 0. The molecule has 0 aromatic heterocycles. The van der Waals surface area contributed by atoms with E-state index in [1.165, 1.54) is 23.5 Å². The summed E-state index contributed by atoms with van der Waals surface area (Å²) in [5.74, 6) is -0.811. The van der Waals surface area contributed by atoms with Gasteiger partial charge in [-0.2, -0.15) is 5.10 Å². The molecule has 2 aliphatic rings. The van der Waals surface area contributed by atoms with E-state index < -0.39 is 10.3 Å². The number of hydrazone groups is 1. The Kier molecular flexibility index (Phi) is 6.79. The number of hydrogen-bond acceptors (Lipinski definition) is 9. The summed E-state index contributed by atoms with van der Waals surface area (Å²) >= 11 is 2.65. The van der Waals surface area contributed by atoms with Crippen LogP contribution in [0.1, 0.15) is 33.6 Å². The summed E-state index contributed by atoms with van der Waals surface area (Å²) in [4.78, 5) is 27.7. The molecule has 0 bridgehead atoms. The van der Waals surface area contributed by atoms with E-state index in [1.807, 2.05) is 42.3 Å². The first kappa shape index (κ1) is 21.6. The van der Waals surface area contributed by atoms with E-state index in [0.29, 0.717) is 11.5 Å². The van der Waals surface area contributed by atoms with Crippen LogP contribution in [0, 0.1) is 0 Å². The van der Waals surface area contributed by atoms with Crippen molar-refractivity contribution in [3.63, 3.8) is 0 Å². The van der Waals surface area contributed by atoms with Crippen LogP contribution in [0.5, 0.6) is 0 Å². The number of ether oxygens (including phenoxy) is 2. The van der Waals surface area contributed by atoms with E-state index in [9.17, 15) is 9.59 Å². The van der Waals surface area contributed by atoms with Crippen LogP contribution in [-0.4, -0.2) is 46.5 Å². The first-order valence-corrected chi connectivity index (χ1v) is 11.2. The van der Waals surface area contributed by atoms with Crippen molar-refractivity contribution in [2.75, 3.05) is 25.3 Å². The predicted octanol–water partition coefficient (Wildman–Crippen LogP) is 3.98. The fourth-order valence-corrected chi connectivity index (χ4v) is 6.04. The molecular weight excluding hydrogens is 410 g/mol. The predicted molar refractivity (Wildman–Crippen MR) is 117 cm³/mol. The third-order valence-electron chi connectivity index (χ3n) is 4.41. The Hall–Kier alpha value is -2.13. The molecule has 0 radical (unpaired) electrons. The highest BCUT2D eigenvalue weighted by Gasteiger charge is 2.57. The summed E-state index contributed by atoms with van der Waals surface area (Å²) in [6.45, 7) is 6.20. The zero-order valence-electron chi connectivity index (χ0n) is 17.0. The molecule has 156 valence electrons. The Labute approximate surface area is 179 Å². The van der Waals surface area contributed by atoms with Crippen LogP contribution in [0.3, 0.4) is 0 Å². The molecule has 0 N–H and O–H groups in total. The zero-order valence-corrected chi connectivity index (χ0v) is 18.6. The van der Waals surface area contributed by atoms with Gasteiger partial charge < -0.3 is 14.4 Å². The number of carbonyl (C=O) groups excluding carboxylic acids is 2. The molecule has 29 heavy (non-hydrogen) atoms. The normalized spacial score (nSPS) is 21.0. The summed E-state index contributed by atoms with van der Waals surface area (Å²) in [6, 6.07) is 9.60. The molecule has 1 aromatic carbocycles. The Morgan fingerprint density at radius 3 is 2.31 bits per heavy atom. The number of para-hydroxylation sites is 1. The molecule has 7 nitrogen and oxygen atoms in total. The Morgan fingerprint density at radius 1 is 1.03 bits per heavy atom. The summed E-state index contributed by atoms with van der Waals surface area (Å²) in [5.41, 5.74) is 1.71. The third kappa shape index (κ3) is 3.98. The first-order valence-electron chi connectivity index (χ1n) is 9.61. The first-order chi connectivity index (χ1) is 14.0. The van der Waals surface area contributed by atoms with Crippen molar-refractivity contribution < 1.29 is 19.1 Å². The summed E-state index contributed by atoms with van der Waals surface area (Å²) in [5, 5.41) is 6.64. The molecule has 3 rings (SSSR count). The Morgan fingerprint density at radius 2 is 1.69 bits per heavy atom. The minimum absolute atomic E-state index is 0.260. The molecule has 1 unspecified atom stereocenters. The second-order valence-corrected chi connectivity index (χ2v) is 8.93. The molecule has 0 amide bonds. The van der Waals surface area contributed by atoms with Crippen molar-refractivity contribution in [1.29, 1.82) is 0 Å². The molecule has 0 saturated heterocycles. The fourth-order valence-electron chi connectivity index (χ4n) is 3.14. The summed E-state index contributed by atoms with van der Waals surface area (Å²) in [7, 11) is 1.93. The van der Waals surface area contributed by atoms with Crippen LogP contribution in [0.4, 0.5) is 5.69 Å². The summed E-state index contributed by atoms with van der Waals surface area (Å²) < 4.78 is 9.65. The number of anilines is 1.